The number of rotatable bonds is 12. The fourth-order valence-electron chi connectivity index (χ4n) is 8.37. The largest absolute Gasteiger partial charge is 0.394 e. The summed E-state index contributed by atoms with van der Waals surface area (Å²) in [6.45, 7) is 23.0. The maximum Gasteiger partial charge on any atom is 0.247 e. The van der Waals surface area contributed by atoms with Gasteiger partial charge in [-0.1, -0.05) is 65.0 Å². The van der Waals surface area contributed by atoms with Gasteiger partial charge in [0.25, 0.3) is 0 Å². The lowest BCUT2D eigenvalue weighted by molar-refractivity contribution is -0.149. The average molecular weight is 610 g/mol. The van der Waals surface area contributed by atoms with E-state index in [0.717, 1.165) is 18.5 Å². The van der Waals surface area contributed by atoms with Crippen molar-refractivity contribution in [1.29, 1.82) is 0 Å². The summed E-state index contributed by atoms with van der Waals surface area (Å²) in [6, 6.07) is 8.21. The highest BCUT2D eigenvalue weighted by Crippen LogP contribution is 2.69. The first kappa shape index (κ1) is 33.3. The van der Waals surface area contributed by atoms with Gasteiger partial charge in [-0.15, -0.1) is 24.9 Å². The van der Waals surface area contributed by atoms with Crippen molar-refractivity contribution in [2.45, 2.75) is 95.3 Å². The first-order valence-corrected chi connectivity index (χ1v) is 16.6. The highest BCUT2D eigenvalue weighted by Gasteiger charge is 2.77. The molecule has 0 radical (unpaired) electrons. The fraction of sp³-hybridized carbons (Fsp3) is 0.629. The van der Waals surface area contributed by atoms with Crippen LogP contribution < -0.4 is 4.90 Å². The topological polar surface area (TPSA) is 81.2 Å². The number of hydrogen-bond acceptors (Lipinski definition) is 5. The Morgan fingerprint density at radius 3 is 2.28 bits per heavy atom. The number of likely N-dealkylation sites (tertiary alicyclic amines) is 1. The molecule has 43 heavy (non-hydrogen) atoms. The number of carbonyl (C=O) groups excluding carboxylic acids is 3. The summed E-state index contributed by atoms with van der Waals surface area (Å²) in [7, 11) is 0. The number of benzene rings is 1. The molecular formula is C35H51N3O4S. The van der Waals surface area contributed by atoms with Crippen LogP contribution in [0.25, 0.3) is 0 Å². The number of aliphatic hydroxyl groups is 1. The van der Waals surface area contributed by atoms with E-state index in [-0.39, 0.29) is 40.9 Å². The van der Waals surface area contributed by atoms with Crippen LogP contribution in [0.4, 0.5) is 5.69 Å². The van der Waals surface area contributed by atoms with Crippen LogP contribution >= 0.6 is 11.8 Å². The van der Waals surface area contributed by atoms with E-state index in [4.69, 9.17) is 0 Å². The first-order chi connectivity index (χ1) is 20.2. The second-order valence-corrected chi connectivity index (χ2v) is 16.0. The number of fused-ring (bicyclic) bond motifs is 1. The van der Waals surface area contributed by atoms with E-state index >= 15 is 4.79 Å². The van der Waals surface area contributed by atoms with Crippen LogP contribution in [0.1, 0.15) is 67.7 Å². The fourth-order valence-corrected chi connectivity index (χ4v) is 10.8. The van der Waals surface area contributed by atoms with Crippen LogP contribution in [0.5, 0.6) is 0 Å². The molecule has 2 bridgehead atoms. The lowest BCUT2D eigenvalue weighted by Crippen LogP contribution is -2.62. The van der Waals surface area contributed by atoms with E-state index in [1.54, 1.807) is 33.7 Å². The zero-order chi connectivity index (χ0) is 31.9. The molecule has 236 valence electrons. The smallest absolute Gasteiger partial charge is 0.247 e. The molecule has 0 aliphatic carbocycles. The van der Waals surface area contributed by atoms with Crippen LogP contribution in [0, 0.1) is 23.2 Å². The van der Waals surface area contributed by atoms with Crippen LogP contribution in [-0.4, -0.2) is 79.9 Å². The minimum absolute atomic E-state index is 0.0380. The van der Waals surface area contributed by atoms with Gasteiger partial charge < -0.3 is 19.8 Å². The molecule has 7 atom stereocenters. The predicted molar refractivity (Wildman–Crippen MR) is 176 cm³/mol. The standard InChI is InChI=1S/C35H51N3O4S/c1-10-18-36(25-16-14-13-15-17-25)30(40)27-26-20-23(4)35(43-26)28(27)31(41)38(24(12-3)21-39)29(35)32(42)37(19-11-2)34(8,9)22-33(5,6)7/h10-11,13-17,23-24,26-29,39H,1-2,12,18-22H2,3-9H3/t23?,24-,26+,27-,28-,29?,35?/m0/s1. The van der Waals surface area contributed by atoms with Crippen molar-refractivity contribution in [3.8, 4) is 0 Å². The number of carbonyl (C=O) groups is 3. The first-order valence-electron chi connectivity index (χ1n) is 15.7. The molecule has 3 fully saturated rings. The Labute approximate surface area is 262 Å². The van der Waals surface area contributed by atoms with Gasteiger partial charge in [-0.3, -0.25) is 14.4 Å². The lowest BCUT2D eigenvalue weighted by atomic mass is 9.65. The SMILES string of the molecule is C=CCN(C(=O)[C@@H]1[C@H]2C(=O)N([C@@H](CC)CO)C(C(=O)N(CC=C)C(C)(C)CC(C)(C)C)C23S[C@@H]1CC3C)c1ccccc1. The zero-order valence-corrected chi connectivity index (χ0v) is 27.9. The molecule has 0 saturated carbocycles. The third kappa shape index (κ3) is 5.70. The minimum atomic E-state index is -0.784. The summed E-state index contributed by atoms with van der Waals surface area (Å²) in [5, 5.41) is 10.4. The van der Waals surface area contributed by atoms with Gasteiger partial charge in [0, 0.05) is 29.6 Å². The number of nitrogens with zero attached hydrogens (tertiary/aromatic N) is 3. The van der Waals surface area contributed by atoms with Gasteiger partial charge in [0.2, 0.25) is 17.7 Å². The van der Waals surface area contributed by atoms with Crippen LogP contribution in [0.3, 0.4) is 0 Å². The highest BCUT2D eigenvalue weighted by molar-refractivity contribution is 8.02. The van der Waals surface area contributed by atoms with Gasteiger partial charge in [-0.05, 0) is 56.6 Å². The molecule has 3 saturated heterocycles. The maximum atomic E-state index is 15.0. The van der Waals surface area contributed by atoms with Crippen molar-refractivity contribution in [3.05, 3.63) is 55.6 Å². The average Bonchev–Trinajstić information content (AvgIpc) is 3.53. The van der Waals surface area contributed by atoms with Gasteiger partial charge in [-0.2, -0.15) is 0 Å². The second-order valence-electron chi connectivity index (χ2n) is 14.4. The molecular weight excluding hydrogens is 558 g/mol. The van der Waals surface area contributed by atoms with Crippen molar-refractivity contribution in [1.82, 2.24) is 9.80 Å². The van der Waals surface area contributed by atoms with E-state index in [0.29, 0.717) is 19.5 Å². The predicted octanol–water partition coefficient (Wildman–Crippen LogP) is 5.54. The molecule has 7 nitrogen and oxygen atoms in total. The molecule has 4 rings (SSSR count). The summed E-state index contributed by atoms with van der Waals surface area (Å²) in [5.41, 5.74) is 0.214. The van der Waals surface area contributed by atoms with E-state index in [1.165, 1.54) is 0 Å². The molecule has 1 N–H and O–H groups in total. The Balaban J connectivity index is 1.85. The van der Waals surface area contributed by atoms with Crippen molar-refractivity contribution in [2.75, 3.05) is 24.6 Å². The minimum Gasteiger partial charge on any atom is -0.394 e. The van der Waals surface area contributed by atoms with Crippen LogP contribution in [0.15, 0.2) is 55.6 Å². The summed E-state index contributed by atoms with van der Waals surface area (Å²) >= 11 is 1.68. The number of anilines is 1. The summed E-state index contributed by atoms with van der Waals surface area (Å²) in [4.78, 5) is 49.5. The molecule has 8 heteroatoms. The zero-order valence-electron chi connectivity index (χ0n) is 27.1. The van der Waals surface area contributed by atoms with E-state index < -0.39 is 34.2 Å². The molecule has 3 unspecified atom stereocenters. The number of amides is 3. The van der Waals surface area contributed by atoms with Crippen LogP contribution in [-0.2, 0) is 14.4 Å². The molecule has 3 aliphatic heterocycles. The molecule has 1 spiro atoms. The Morgan fingerprint density at radius 2 is 1.74 bits per heavy atom. The molecule has 1 aromatic rings. The molecule has 3 aliphatic rings. The Morgan fingerprint density at radius 1 is 1.12 bits per heavy atom. The third-order valence-corrected chi connectivity index (χ3v) is 11.8. The van der Waals surface area contributed by atoms with Crippen LogP contribution in [0.2, 0.25) is 0 Å². The third-order valence-electron chi connectivity index (χ3n) is 9.69. The van der Waals surface area contributed by atoms with Gasteiger partial charge >= 0.3 is 0 Å². The Bertz CT molecular complexity index is 1220. The molecule has 3 amide bonds. The van der Waals surface area contributed by atoms with Crippen molar-refractivity contribution >= 4 is 35.2 Å². The van der Waals surface area contributed by atoms with Gasteiger partial charge in [0.15, 0.2) is 0 Å². The molecule has 1 aromatic carbocycles. The van der Waals surface area contributed by atoms with E-state index in [2.05, 4.69) is 54.7 Å². The maximum absolute atomic E-state index is 15.0. The van der Waals surface area contributed by atoms with Crippen molar-refractivity contribution < 1.29 is 19.5 Å². The van der Waals surface area contributed by atoms with Crippen molar-refractivity contribution in [2.24, 2.45) is 23.2 Å². The van der Waals surface area contributed by atoms with Gasteiger partial charge in [0.05, 0.1) is 29.2 Å². The summed E-state index contributed by atoms with van der Waals surface area (Å²) in [5.74, 6) is -1.58. The summed E-state index contributed by atoms with van der Waals surface area (Å²) < 4.78 is -0.768. The lowest BCUT2D eigenvalue weighted by Gasteiger charge is -2.47. The number of para-hydroxylation sites is 1. The Hall–Kier alpha value is -2.58. The second kappa shape index (κ2) is 12.4. The molecule has 0 aromatic heterocycles. The normalized spacial score (nSPS) is 28.9. The van der Waals surface area contributed by atoms with Gasteiger partial charge in [0.1, 0.15) is 6.04 Å². The van der Waals surface area contributed by atoms with Gasteiger partial charge in [-0.25, -0.2) is 0 Å². The van der Waals surface area contributed by atoms with E-state index in [1.807, 2.05) is 42.2 Å². The van der Waals surface area contributed by atoms with Crippen molar-refractivity contribution in [3.63, 3.8) is 0 Å². The molecule has 3 heterocycles. The number of aliphatic hydroxyl groups excluding tert-OH is 1. The Kier molecular flexibility index (Phi) is 9.63. The summed E-state index contributed by atoms with van der Waals surface area (Å²) in [6.07, 6.45) is 5.48. The number of hydrogen-bond donors (Lipinski definition) is 1. The van der Waals surface area contributed by atoms with E-state index in [9.17, 15) is 14.7 Å². The quantitative estimate of drug-likeness (QED) is 0.315. The number of thioether (sulfide) groups is 1. The highest BCUT2D eigenvalue weighted by atomic mass is 32.2. The monoisotopic (exact) mass is 609 g/mol.